The number of aliphatic imine (C=N–C) groups is 1. The van der Waals surface area contributed by atoms with Crippen LogP contribution < -0.4 is 11.1 Å². The summed E-state index contributed by atoms with van der Waals surface area (Å²) in [6.07, 6.45) is 2.45. The summed E-state index contributed by atoms with van der Waals surface area (Å²) in [4.78, 5) is 4.49. The normalized spacial score (nSPS) is 16.9. The van der Waals surface area contributed by atoms with Crippen LogP contribution in [0.2, 0.25) is 0 Å². The van der Waals surface area contributed by atoms with E-state index in [0.29, 0.717) is 23.8 Å². The summed E-state index contributed by atoms with van der Waals surface area (Å²) in [6, 6.07) is 11.1. The molecule has 1 aliphatic carbocycles. The molecule has 1 fully saturated rings. The number of hydrogen-bond acceptors (Lipinski definition) is 1. The van der Waals surface area contributed by atoms with Crippen LogP contribution in [-0.4, -0.2) is 18.5 Å². The molecular formula is C15H24IN3. The van der Waals surface area contributed by atoms with E-state index in [-0.39, 0.29) is 24.0 Å². The van der Waals surface area contributed by atoms with Gasteiger partial charge in [-0.25, -0.2) is 0 Å². The average molecular weight is 373 g/mol. The van der Waals surface area contributed by atoms with Crippen molar-refractivity contribution in [2.24, 2.45) is 16.6 Å². The average Bonchev–Trinajstić information content (AvgIpc) is 3.14. The Morgan fingerprint density at radius 3 is 2.47 bits per heavy atom. The number of halogens is 1. The number of nitrogens with one attached hydrogen (secondary N) is 1. The van der Waals surface area contributed by atoms with Gasteiger partial charge in [-0.2, -0.15) is 0 Å². The van der Waals surface area contributed by atoms with E-state index in [1.54, 1.807) is 0 Å². The highest BCUT2D eigenvalue weighted by atomic mass is 127. The van der Waals surface area contributed by atoms with Crippen molar-refractivity contribution in [2.45, 2.75) is 38.6 Å². The van der Waals surface area contributed by atoms with E-state index < -0.39 is 0 Å². The predicted octanol–water partition coefficient (Wildman–Crippen LogP) is 3.11. The Kier molecular flexibility index (Phi) is 6.62. The number of rotatable bonds is 5. The van der Waals surface area contributed by atoms with Gasteiger partial charge in [0.2, 0.25) is 0 Å². The van der Waals surface area contributed by atoms with Crippen LogP contribution in [0.3, 0.4) is 0 Å². The van der Waals surface area contributed by atoms with Gasteiger partial charge in [-0.1, -0.05) is 44.2 Å². The minimum absolute atomic E-state index is 0. The van der Waals surface area contributed by atoms with Gasteiger partial charge in [0.05, 0.1) is 0 Å². The minimum Gasteiger partial charge on any atom is -0.370 e. The summed E-state index contributed by atoms with van der Waals surface area (Å²) in [5, 5.41) is 3.23. The van der Waals surface area contributed by atoms with Crippen molar-refractivity contribution in [1.82, 2.24) is 5.32 Å². The highest BCUT2D eigenvalue weighted by Gasteiger charge is 2.21. The SMILES string of the molecule is CC(C)C(CN=C(N)NC1CC1)c1ccccc1.I. The molecule has 0 aliphatic heterocycles. The lowest BCUT2D eigenvalue weighted by atomic mass is 9.88. The van der Waals surface area contributed by atoms with E-state index in [4.69, 9.17) is 5.73 Å². The van der Waals surface area contributed by atoms with E-state index in [2.05, 4.69) is 48.4 Å². The first-order chi connectivity index (χ1) is 8.66. The third-order valence-corrected chi connectivity index (χ3v) is 3.42. The summed E-state index contributed by atoms with van der Waals surface area (Å²) in [5.74, 6) is 1.59. The van der Waals surface area contributed by atoms with Crippen molar-refractivity contribution in [3.05, 3.63) is 35.9 Å². The molecule has 0 amide bonds. The van der Waals surface area contributed by atoms with Crippen molar-refractivity contribution in [3.63, 3.8) is 0 Å². The molecule has 4 heteroatoms. The second-order valence-electron chi connectivity index (χ2n) is 5.41. The highest BCUT2D eigenvalue weighted by molar-refractivity contribution is 14.0. The zero-order valence-electron chi connectivity index (χ0n) is 11.7. The number of benzene rings is 1. The lowest BCUT2D eigenvalue weighted by Gasteiger charge is -2.19. The fourth-order valence-electron chi connectivity index (χ4n) is 2.08. The van der Waals surface area contributed by atoms with Gasteiger partial charge in [0.25, 0.3) is 0 Å². The largest absolute Gasteiger partial charge is 0.370 e. The summed E-state index contributed by atoms with van der Waals surface area (Å²) >= 11 is 0. The van der Waals surface area contributed by atoms with Gasteiger partial charge in [0, 0.05) is 18.5 Å². The minimum atomic E-state index is 0. The van der Waals surface area contributed by atoms with Crippen LogP contribution in [0.5, 0.6) is 0 Å². The molecule has 3 nitrogen and oxygen atoms in total. The molecule has 2 rings (SSSR count). The summed E-state index contributed by atoms with van der Waals surface area (Å²) < 4.78 is 0. The third kappa shape index (κ3) is 5.38. The first kappa shape index (κ1) is 16.3. The quantitative estimate of drug-likeness (QED) is 0.473. The topological polar surface area (TPSA) is 50.4 Å². The lowest BCUT2D eigenvalue weighted by molar-refractivity contribution is 0.506. The zero-order valence-corrected chi connectivity index (χ0v) is 14.0. The Morgan fingerprint density at radius 1 is 1.32 bits per heavy atom. The Hall–Kier alpha value is -0.780. The van der Waals surface area contributed by atoms with E-state index in [1.807, 2.05) is 6.07 Å². The first-order valence-corrected chi connectivity index (χ1v) is 6.78. The number of nitrogens with two attached hydrogens (primary N) is 1. The Morgan fingerprint density at radius 2 is 1.95 bits per heavy atom. The highest BCUT2D eigenvalue weighted by Crippen LogP contribution is 2.24. The molecule has 3 N–H and O–H groups in total. The molecule has 1 atom stereocenters. The molecular weight excluding hydrogens is 349 g/mol. The second kappa shape index (κ2) is 7.72. The smallest absolute Gasteiger partial charge is 0.188 e. The fourth-order valence-corrected chi connectivity index (χ4v) is 2.08. The van der Waals surface area contributed by atoms with Crippen molar-refractivity contribution in [3.8, 4) is 0 Å². The van der Waals surface area contributed by atoms with Crippen molar-refractivity contribution >= 4 is 29.9 Å². The van der Waals surface area contributed by atoms with Gasteiger partial charge in [-0.3, -0.25) is 4.99 Å². The standard InChI is InChI=1S/C15H23N3.HI/c1-11(2)14(12-6-4-3-5-7-12)10-17-15(16)18-13-8-9-13;/h3-7,11,13-14H,8-10H2,1-2H3,(H3,16,17,18);1H. The molecule has 0 bridgehead atoms. The van der Waals surface area contributed by atoms with Crippen LogP contribution in [0.4, 0.5) is 0 Å². The fraction of sp³-hybridized carbons (Fsp3) is 0.533. The van der Waals surface area contributed by atoms with Crippen LogP contribution >= 0.6 is 24.0 Å². The van der Waals surface area contributed by atoms with Crippen LogP contribution in [-0.2, 0) is 0 Å². The molecule has 1 aliphatic rings. The molecule has 19 heavy (non-hydrogen) atoms. The molecule has 1 unspecified atom stereocenters. The van der Waals surface area contributed by atoms with Gasteiger partial charge in [-0.05, 0) is 24.3 Å². The van der Waals surface area contributed by atoms with E-state index in [1.165, 1.54) is 18.4 Å². The maximum atomic E-state index is 5.88. The summed E-state index contributed by atoms with van der Waals surface area (Å²) in [6.45, 7) is 5.22. The molecule has 106 valence electrons. The monoisotopic (exact) mass is 373 g/mol. The van der Waals surface area contributed by atoms with Crippen LogP contribution in [0.1, 0.15) is 38.2 Å². The Labute approximate surface area is 133 Å². The third-order valence-electron chi connectivity index (χ3n) is 3.42. The van der Waals surface area contributed by atoms with E-state index >= 15 is 0 Å². The summed E-state index contributed by atoms with van der Waals surface area (Å²) in [7, 11) is 0. The molecule has 0 heterocycles. The van der Waals surface area contributed by atoms with E-state index in [0.717, 1.165) is 6.54 Å². The van der Waals surface area contributed by atoms with Crippen molar-refractivity contribution in [2.75, 3.05) is 6.54 Å². The number of guanidine groups is 1. The Bertz CT molecular complexity index is 399. The molecule has 1 aromatic rings. The molecule has 1 aromatic carbocycles. The Balaban J connectivity index is 0.00000180. The van der Waals surface area contributed by atoms with Gasteiger partial charge >= 0.3 is 0 Å². The van der Waals surface area contributed by atoms with Crippen molar-refractivity contribution in [1.29, 1.82) is 0 Å². The first-order valence-electron chi connectivity index (χ1n) is 6.78. The number of hydrogen-bond donors (Lipinski definition) is 2. The maximum absolute atomic E-state index is 5.88. The van der Waals surface area contributed by atoms with E-state index in [9.17, 15) is 0 Å². The van der Waals surface area contributed by atoms with Crippen LogP contribution in [0, 0.1) is 5.92 Å². The maximum Gasteiger partial charge on any atom is 0.188 e. The van der Waals surface area contributed by atoms with Gasteiger partial charge < -0.3 is 11.1 Å². The molecule has 0 radical (unpaired) electrons. The molecule has 1 saturated carbocycles. The molecule has 0 saturated heterocycles. The molecule has 0 spiro atoms. The zero-order chi connectivity index (χ0) is 13.0. The van der Waals surface area contributed by atoms with Crippen molar-refractivity contribution < 1.29 is 0 Å². The number of nitrogens with zero attached hydrogens (tertiary/aromatic N) is 1. The van der Waals surface area contributed by atoms with Gasteiger partial charge in [-0.15, -0.1) is 24.0 Å². The van der Waals surface area contributed by atoms with Crippen LogP contribution in [0.25, 0.3) is 0 Å². The second-order valence-corrected chi connectivity index (χ2v) is 5.41. The molecule has 0 aromatic heterocycles. The predicted molar refractivity (Wildman–Crippen MR) is 92.1 cm³/mol. The van der Waals surface area contributed by atoms with Gasteiger partial charge in [0.15, 0.2) is 5.96 Å². The summed E-state index contributed by atoms with van der Waals surface area (Å²) in [5.41, 5.74) is 7.22. The lowest BCUT2D eigenvalue weighted by Crippen LogP contribution is -2.33. The van der Waals surface area contributed by atoms with Gasteiger partial charge in [0.1, 0.15) is 0 Å². The van der Waals surface area contributed by atoms with Crippen LogP contribution in [0.15, 0.2) is 35.3 Å².